The second kappa shape index (κ2) is 5.70. The summed E-state index contributed by atoms with van der Waals surface area (Å²) in [7, 11) is 2.30. The summed E-state index contributed by atoms with van der Waals surface area (Å²) < 4.78 is 0. The van der Waals surface area contributed by atoms with E-state index in [9.17, 15) is 5.11 Å². The van der Waals surface area contributed by atoms with Crippen LogP contribution in [0.25, 0.3) is 11.3 Å². The maximum Gasteiger partial charge on any atom is 0.155 e. The number of likely N-dealkylation sites (N-methyl/N-ethyl adjacent to an activating group) is 1. The Hall–Kier alpha value is -2.65. The molecule has 0 radical (unpaired) electrons. The van der Waals surface area contributed by atoms with E-state index in [2.05, 4.69) is 34.1 Å². The Kier molecular flexibility index (Phi) is 3.39. The molecule has 5 aliphatic rings. The average Bonchev–Trinajstić information content (AvgIpc) is 3.33. The first kappa shape index (κ1) is 17.2. The number of aromatic nitrogens is 2. The number of phenols is 1. The van der Waals surface area contributed by atoms with Crippen LogP contribution in [0.15, 0.2) is 18.2 Å². The summed E-state index contributed by atoms with van der Waals surface area (Å²) in [5, 5.41) is 28.9. The number of phenolic OH excluding ortho intramolecular Hbond substituents is 1. The Morgan fingerprint density at radius 1 is 1.24 bits per heavy atom. The lowest BCUT2D eigenvalue weighted by atomic mass is 9.88. The molecule has 4 atom stereocenters. The maximum absolute atomic E-state index is 10.5. The van der Waals surface area contributed by atoms with Crippen molar-refractivity contribution < 1.29 is 5.11 Å². The lowest BCUT2D eigenvalue weighted by Crippen LogP contribution is -2.45. The van der Waals surface area contributed by atoms with Crippen molar-refractivity contribution in [3.63, 3.8) is 0 Å². The molecule has 2 saturated carbocycles. The largest absolute Gasteiger partial charge is 0.507 e. The van der Waals surface area contributed by atoms with E-state index in [1.54, 1.807) is 6.07 Å². The van der Waals surface area contributed by atoms with E-state index in [-0.39, 0.29) is 11.3 Å². The summed E-state index contributed by atoms with van der Waals surface area (Å²) in [6.07, 6.45) is 6.07. The highest BCUT2D eigenvalue weighted by molar-refractivity contribution is 5.73. The van der Waals surface area contributed by atoms with Crippen LogP contribution in [-0.4, -0.2) is 51.4 Å². The molecule has 6 heteroatoms. The normalized spacial score (nSPS) is 32.0. The molecule has 4 bridgehead atoms. The maximum atomic E-state index is 10.5. The zero-order valence-electron chi connectivity index (χ0n) is 16.9. The van der Waals surface area contributed by atoms with Gasteiger partial charge in [-0.05, 0) is 75.4 Å². The molecule has 3 aliphatic heterocycles. The van der Waals surface area contributed by atoms with E-state index in [0.29, 0.717) is 22.9 Å². The first-order chi connectivity index (χ1) is 14.0. The summed E-state index contributed by atoms with van der Waals surface area (Å²) in [4.78, 5) is 5.20. The monoisotopic (exact) mass is 387 g/mol. The molecule has 0 spiro atoms. The van der Waals surface area contributed by atoms with Gasteiger partial charge >= 0.3 is 0 Å². The smallest absolute Gasteiger partial charge is 0.155 e. The van der Waals surface area contributed by atoms with Gasteiger partial charge in [-0.2, -0.15) is 5.26 Å². The van der Waals surface area contributed by atoms with Crippen LogP contribution in [0, 0.1) is 24.2 Å². The highest BCUT2D eigenvalue weighted by Gasteiger charge is 2.76. The van der Waals surface area contributed by atoms with E-state index < -0.39 is 0 Å². The SMILES string of the molecule is Cc1cc(C#N)cc(O)c1-c1cc2c(nn1)N(C13C[C@H]4CC[C@@H]1[C@@H]3N4C)CCC2. The number of hydrogen-bond donors (Lipinski definition) is 1. The highest BCUT2D eigenvalue weighted by atomic mass is 16.3. The fraction of sp³-hybridized carbons (Fsp3) is 0.522. The third-order valence-electron chi connectivity index (χ3n) is 7.95. The third-order valence-corrected chi connectivity index (χ3v) is 7.95. The van der Waals surface area contributed by atoms with Crippen LogP contribution in [0.3, 0.4) is 0 Å². The quantitative estimate of drug-likeness (QED) is 0.854. The number of anilines is 1. The number of fused-ring (bicyclic) bond motifs is 2. The number of benzene rings is 1. The Morgan fingerprint density at radius 3 is 2.79 bits per heavy atom. The molecule has 2 aromatic rings. The van der Waals surface area contributed by atoms with Crippen LogP contribution in [0.4, 0.5) is 5.82 Å². The molecular formula is C23H25N5O. The number of hydrogen-bond acceptors (Lipinski definition) is 6. The number of nitriles is 1. The molecule has 1 aromatic carbocycles. The number of piperidine rings is 2. The van der Waals surface area contributed by atoms with Crippen molar-refractivity contribution in [3.8, 4) is 23.1 Å². The van der Waals surface area contributed by atoms with Gasteiger partial charge in [-0.25, -0.2) is 0 Å². The number of aromatic hydroxyl groups is 1. The first-order valence-corrected chi connectivity index (χ1v) is 10.6. The molecule has 2 saturated heterocycles. The Labute approximate surface area is 170 Å². The average molecular weight is 387 g/mol. The van der Waals surface area contributed by atoms with Gasteiger partial charge in [0.15, 0.2) is 5.82 Å². The Balaban J connectivity index is 1.40. The summed E-state index contributed by atoms with van der Waals surface area (Å²) in [5.74, 6) is 1.92. The summed E-state index contributed by atoms with van der Waals surface area (Å²) in [6, 6.07) is 8.90. The van der Waals surface area contributed by atoms with E-state index in [4.69, 9.17) is 10.4 Å². The zero-order chi connectivity index (χ0) is 19.9. The topological polar surface area (TPSA) is 76.3 Å². The second-order valence-corrected chi connectivity index (χ2v) is 9.28. The number of nitrogens with zero attached hydrogens (tertiary/aromatic N) is 5. The van der Waals surface area contributed by atoms with Gasteiger partial charge in [-0.15, -0.1) is 10.2 Å². The molecule has 1 aromatic heterocycles. The van der Waals surface area contributed by atoms with Crippen molar-refractivity contribution in [1.82, 2.24) is 15.1 Å². The van der Waals surface area contributed by atoms with Gasteiger partial charge in [0.05, 0.1) is 22.9 Å². The number of rotatable bonds is 2. The number of aryl methyl sites for hydroxylation is 2. The molecule has 7 rings (SSSR count). The van der Waals surface area contributed by atoms with E-state index in [1.807, 2.05) is 6.92 Å². The van der Waals surface area contributed by atoms with Gasteiger partial charge in [0.2, 0.25) is 0 Å². The van der Waals surface area contributed by atoms with Gasteiger partial charge in [0, 0.05) is 30.1 Å². The van der Waals surface area contributed by atoms with Crippen LogP contribution < -0.4 is 4.90 Å². The fourth-order valence-electron chi connectivity index (χ4n) is 6.76. The van der Waals surface area contributed by atoms with Gasteiger partial charge < -0.3 is 10.0 Å². The van der Waals surface area contributed by atoms with Gasteiger partial charge in [0.25, 0.3) is 0 Å². The van der Waals surface area contributed by atoms with Gasteiger partial charge in [0.1, 0.15) is 5.75 Å². The first-order valence-electron chi connectivity index (χ1n) is 10.6. The molecule has 0 amide bonds. The van der Waals surface area contributed by atoms with Crippen LogP contribution in [0.1, 0.15) is 42.4 Å². The highest BCUT2D eigenvalue weighted by Crippen LogP contribution is 2.67. The zero-order valence-corrected chi connectivity index (χ0v) is 16.9. The van der Waals surface area contributed by atoms with Crippen molar-refractivity contribution >= 4 is 5.82 Å². The van der Waals surface area contributed by atoms with E-state index >= 15 is 0 Å². The van der Waals surface area contributed by atoms with E-state index in [1.165, 1.54) is 30.9 Å². The Morgan fingerprint density at radius 2 is 2.10 bits per heavy atom. The fourth-order valence-corrected chi connectivity index (χ4v) is 6.76. The Bertz CT molecular complexity index is 1050. The van der Waals surface area contributed by atoms with Crippen molar-refractivity contribution in [3.05, 3.63) is 34.9 Å². The predicted octanol–water partition coefficient (Wildman–Crippen LogP) is 3.02. The molecular weight excluding hydrogens is 362 g/mol. The summed E-state index contributed by atoms with van der Waals surface area (Å²) in [5.41, 5.74) is 4.18. The molecule has 148 valence electrons. The van der Waals surface area contributed by atoms with Crippen LogP contribution in [-0.2, 0) is 6.42 Å². The lowest BCUT2D eigenvalue weighted by molar-refractivity contribution is 0.180. The minimum atomic E-state index is 0.0963. The second-order valence-electron chi connectivity index (χ2n) is 9.28. The predicted molar refractivity (Wildman–Crippen MR) is 110 cm³/mol. The van der Waals surface area contributed by atoms with E-state index in [0.717, 1.165) is 42.7 Å². The third kappa shape index (κ3) is 2.14. The minimum Gasteiger partial charge on any atom is -0.507 e. The van der Waals surface area contributed by atoms with Crippen molar-refractivity contribution in [1.29, 1.82) is 5.26 Å². The standard InChI is InChI=1S/C23H25N5O/c1-13-8-14(12-24)9-19(29)20(13)18-10-15-4-3-7-28(22(15)26-25-18)23-11-16-5-6-17(23)21(23)27(16)2/h8-10,16-17,21,29H,3-7,11H2,1-2H3/t16-,17-,21+,23?/m1/s1. The van der Waals surface area contributed by atoms with Crippen LogP contribution >= 0.6 is 0 Å². The molecule has 4 fully saturated rings. The molecule has 2 aliphatic carbocycles. The molecule has 1 N–H and O–H groups in total. The molecule has 6 nitrogen and oxygen atoms in total. The van der Waals surface area contributed by atoms with Crippen LogP contribution in [0.5, 0.6) is 5.75 Å². The summed E-state index contributed by atoms with van der Waals surface area (Å²) >= 11 is 0. The molecule has 4 heterocycles. The van der Waals surface area contributed by atoms with Gasteiger partial charge in [-0.3, -0.25) is 4.90 Å². The lowest BCUT2D eigenvalue weighted by Gasteiger charge is -2.39. The van der Waals surface area contributed by atoms with Crippen molar-refractivity contribution in [2.45, 2.75) is 56.7 Å². The summed E-state index contributed by atoms with van der Waals surface area (Å²) in [6.45, 7) is 2.97. The van der Waals surface area contributed by atoms with Crippen molar-refractivity contribution in [2.24, 2.45) is 5.92 Å². The molecule has 29 heavy (non-hydrogen) atoms. The van der Waals surface area contributed by atoms with Crippen LogP contribution in [0.2, 0.25) is 0 Å². The van der Waals surface area contributed by atoms with Crippen molar-refractivity contribution in [2.75, 3.05) is 18.5 Å². The van der Waals surface area contributed by atoms with Gasteiger partial charge in [-0.1, -0.05) is 0 Å². The molecule has 1 unspecified atom stereocenters. The minimum absolute atomic E-state index is 0.0963.